The minimum absolute atomic E-state index is 0.305. The van der Waals surface area contributed by atoms with Crippen LogP contribution in [-0.4, -0.2) is 23.2 Å². The molecule has 1 atom stereocenters. The van der Waals surface area contributed by atoms with Gasteiger partial charge < -0.3 is 9.47 Å². The van der Waals surface area contributed by atoms with Crippen molar-refractivity contribution >= 4 is 15.9 Å². The number of hydrogen-bond donors (Lipinski definition) is 0. The lowest BCUT2D eigenvalue weighted by Gasteiger charge is -2.20. The molecule has 4 nitrogen and oxygen atoms in total. The van der Waals surface area contributed by atoms with Gasteiger partial charge in [-0.25, -0.2) is 4.98 Å². The molecule has 0 saturated heterocycles. The molecule has 1 aromatic carbocycles. The summed E-state index contributed by atoms with van der Waals surface area (Å²) >= 11 is 3.28. The van der Waals surface area contributed by atoms with E-state index >= 15 is 0 Å². The summed E-state index contributed by atoms with van der Waals surface area (Å²) in [7, 11) is 0. The normalized spacial score (nSPS) is 12.2. The minimum atomic E-state index is -3.18. The van der Waals surface area contributed by atoms with Crippen molar-refractivity contribution in [3.8, 4) is 11.5 Å². The zero-order chi connectivity index (χ0) is 20.8. The maximum atomic E-state index is 12.8. The van der Waals surface area contributed by atoms with Gasteiger partial charge in [0.15, 0.2) is 11.5 Å². The number of halogens is 5. The second-order valence-electron chi connectivity index (χ2n) is 6.00. The van der Waals surface area contributed by atoms with Crippen LogP contribution in [0.2, 0.25) is 0 Å². The Morgan fingerprint density at radius 2 is 1.59 bits per heavy atom. The molecule has 0 aliphatic carbocycles. The Labute approximate surface area is 172 Å². The third-order valence-electron chi connectivity index (χ3n) is 4.12. The van der Waals surface area contributed by atoms with E-state index in [1.165, 1.54) is 12.1 Å². The number of rotatable bonds is 8. The molecule has 3 aromatic rings. The monoisotopic (exact) mass is 470 g/mol. The van der Waals surface area contributed by atoms with Crippen molar-refractivity contribution in [3.63, 3.8) is 0 Å². The fourth-order valence-electron chi connectivity index (χ4n) is 2.90. The highest BCUT2D eigenvalue weighted by Crippen LogP contribution is 2.36. The fraction of sp³-hybridized carbons (Fsp3) is 0.200. The minimum Gasteiger partial charge on any atom is -0.431 e. The zero-order valence-electron chi connectivity index (χ0n) is 14.8. The first-order valence-electron chi connectivity index (χ1n) is 8.46. The van der Waals surface area contributed by atoms with Gasteiger partial charge in [0, 0.05) is 24.5 Å². The van der Waals surface area contributed by atoms with Crippen LogP contribution in [0.25, 0.3) is 0 Å². The predicted octanol–water partition coefficient (Wildman–Crippen LogP) is 5.82. The van der Waals surface area contributed by atoms with Crippen LogP contribution in [0, 0.1) is 0 Å². The lowest BCUT2D eigenvalue weighted by molar-refractivity contribution is -0.0692. The molecule has 29 heavy (non-hydrogen) atoms. The molecule has 0 radical (unpaired) electrons. The summed E-state index contributed by atoms with van der Waals surface area (Å²) in [4.78, 5) is 8.31. The number of ether oxygens (including phenoxy) is 2. The van der Waals surface area contributed by atoms with Crippen molar-refractivity contribution in [2.75, 3.05) is 0 Å². The fourth-order valence-corrected chi connectivity index (χ4v) is 3.13. The number of nitrogens with zero attached hydrogens (tertiary/aromatic N) is 2. The Kier molecular flexibility index (Phi) is 7.03. The quantitative estimate of drug-likeness (QED) is 0.307. The van der Waals surface area contributed by atoms with Gasteiger partial charge in [-0.2, -0.15) is 17.6 Å². The van der Waals surface area contributed by atoms with Gasteiger partial charge in [0.25, 0.3) is 0 Å². The Hall–Kier alpha value is -2.68. The second kappa shape index (κ2) is 9.69. The molecule has 9 heteroatoms. The van der Waals surface area contributed by atoms with Gasteiger partial charge in [0.2, 0.25) is 0 Å². The van der Waals surface area contributed by atoms with Crippen molar-refractivity contribution in [3.05, 3.63) is 82.3 Å². The van der Waals surface area contributed by atoms with E-state index in [1.807, 2.05) is 12.1 Å². The largest absolute Gasteiger partial charge is 0.431 e. The van der Waals surface area contributed by atoms with E-state index in [-0.39, 0.29) is 5.92 Å². The first-order chi connectivity index (χ1) is 13.9. The van der Waals surface area contributed by atoms with Gasteiger partial charge >= 0.3 is 13.2 Å². The third kappa shape index (κ3) is 5.90. The van der Waals surface area contributed by atoms with Gasteiger partial charge in [0.05, 0.1) is 0 Å². The first kappa shape index (κ1) is 21.0. The predicted molar refractivity (Wildman–Crippen MR) is 101 cm³/mol. The second-order valence-corrected chi connectivity index (χ2v) is 6.81. The molecule has 2 aromatic heterocycles. The summed E-state index contributed by atoms with van der Waals surface area (Å²) in [6, 6.07) is 11.3. The van der Waals surface area contributed by atoms with Gasteiger partial charge in [0.1, 0.15) is 4.60 Å². The molecule has 2 heterocycles. The van der Waals surface area contributed by atoms with Crippen LogP contribution >= 0.6 is 15.9 Å². The summed E-state index contributed by atoms with van der Waals surface area (Å²) in [5, 5.41) is 0. The van der Waals surface area contributed by atoms with Crippen LogP contribution in [0.15, 0.2) is 65.7 Å². The summed E-state index contributed by atoms with van der Waals surface area (Å²) in [6.07, 6.45) is 5.48. The molecule has 0 saturated carbocycles. The average Bonchev–Trinajstić information content (AvgIpc) is 2.68. The molecule has 0 spiro atoms. The third-order valence-corrected chi connectivity index (χ3v) is 4.59. The Bertz CT molecular complexity index is 928. The van der Waals surface area contributed by atoms with E-state index < -0.39 is 24.7 Å². The number of pyridine rings is 2. The Morgan fingerprint density at radius 3 is 2.21 bits per heavy atom. The van der Waals surface area contributed by atoms with Crippen LogP contribution in [0.4, 0.5) is 17.6 Å². The van der Waals surface area contributed by atoms with Crippen molar-refractivity contribution in [2.24, 2.45) is 0 Å². The van der Waals surface area contributed by atoms with E-state index in [0.29, 0.717) is 16.6 Å². The molecule has 152 valence electrons. The lowest BCUT2D eigenvalue weighted by atomic mass is 9.87. The Balaban J connectivity index is 2.02. The number of benzene rings is 1. The standard InChI is InChI=1S/C20H15BrF4N2O2/c21-18-6-4-14(11-27-18)15(8-12-2-1-7-26-10-12)13-3-5-16(28-19(22)23)17(9-13)29-20(24)25/h1-7,9-11,15,19-20H,8H2. The van der Waals surface area contributed by atoms with E-state index in [4.69, 9.17) is 0 Å². The summed E-state index contributed by atoms with van der Waals surface area (Å²) in [5.74, 6) is -1.22. The maximum Gasteiger partial charge on any atom is 0.387 e. The topological polar surface area (TPSA) is 44.2 Å². The zero-order valence-corrected chi connectivity index (χ0v) is 16.4. The van der Waals surface area contributed by atoms with Gasteiger partial charge in [-0.05, 0) is 63.3 Å². The van der Waals surface area contributed by atoms with E-state index in [9.17, 15) is 17.6 Å². The highest BCUT2D eigenvalue weighted by molar-refractivity contribution is 9.10. The van der Waals surface area contributed by atoms with Crippen molar-refractivity contribution < 1.29 is 27.0 Å². The molecular weight excluding hydrogens is 456 g/mol. The SMILES string of the molecule is FC(F)Oc1ccc(C(Cc2cccnc2)c2ccc(Br)nc2)cc1OC(F)F. The van der Waals surface area contributed by atoms with E-state index in [0.717, 1.165) is 11.1 Å². The van der Waals surface area contributed by atoms with Crippen molar-refractivity contribution in [1.29, 1.82) is 0 Å². The Morgan fingerprint density at radius 1 is 0.862 bits per heavy atom. The summed E-state index contributed by atoms with van der Waals surface area (Å²) < 4.78 is 60.2. The van der Waals surface area contributed by atoms with E-state index in [1.54, 1.807) is 36.8 Å². The van der Waals surface area contributed by atoms with Crippen LogP contribution in [-0.2, 0) is 6.42 Å². The smallest absolute Gasteiger partial charge is 0.387 e. The van der Waals surface area contributed by atoms with Crippen LogP contribution in [0.1, 0.15) is 22.6 Å². The molecular formula is C20H15BrF4N2O2. The highest BCUT2D eigenvalue weighted by atomic mass is 79.9. The molecule has 1 unspecified atom stereocenters. The molecule has 3 rings (SSSR count). The van der Waals surface area contributed by atoms with Gasteiger partial charge in [-0.1, -0.05) is 18.2 Å². The first-order valence-corrected chi connectivity index (χ1v) is 9.25. The molecule has 0 aliphatic heterocycles. The molecule has 0 fully saturated rings. The summed E-state index contributed by atoms with van der Waals surface area (Å²) in [5.41, 5.74) is 2.29. The molecule has 0 amide bonds. The average molecular weight is 471 g/mol. The van der Waals surface area contributed by atoms with Crippen molar-refractivity contribution in [2.45, 2.75) is 25.6 Å². The number of aromatic nitrogens is 2. The lowest BCUT2D eigenvalue weighted by Crippen LogP contribution is -2.10. The van der Waals surface area contributed by atoms with Crippen LogP contribution < -0.4 is 9.47 Å². The summed E-state index contributed by atoms with van der Waals surface area (Å²) in [6.45, 7) is -6.35. The van der Waals surface area contributed by atoms with Gasteiger partial charge in [-0.3, -0.25) is 4.98 Å². The highest BCUT2D eigenvalue weighted by Gasteiger charge is 2.21. The number of alkyl halides is 4. The van der Waals surface area contributed by atoms with Gasteiger partial charge in [-0.15, -0.1) is 0 Å². The van der Waals surface area contributed by atoms with Crippen LogP contribution in [0.5, 0.6) is 11.5 Å². The van der Waals surface area contributed by atoms with Crippen molar-refractivity contribution in [1.82, 2.24) is 9.97 Å². The number of hydrogen-bond acceptors (Lipinski definition) is 4. The maximum absolute atomic E-state index is 12.8. The van der Waals surface area contributed by atoms with E-state index in [2.05, 4.69) is 35.4 Å². The molecule has 0 aliphatic rings. The van der Waals surface area contributed by atoms with Crippen LogP contribution in [0.3, 0.4) is 0 Å². The molecule has 0 N–H and O–H groups in total. The molecule has 0 bridgehead atoms.